The Balaban J connectivity index is 1.40. The van der Waals surface area contributed by atoms with Crippen LogP contribution in [0.25, 0.3) is 10.8 Å². The monoisotopic (exact) mass is 425 g/mol. The number of hydrogen-bond donors (Lipinski definition) is 0. The molecule has 1 aromatic carbocycles. The number of aryl methyl sites for hydroxylation is 2. The summed E-state index contributed by atoms with van der Waals surface area (Å²) in [4.78, 5) is 22.9. The van der Waals surface area contributed by atoms with Gasteiger partial charge in [-0.2, -0.15) is 0 Å². The highest BCUT2D eigenvalue weighted by Crippen LogP contribution is 2.30. The van der Waals surface area contributed by atoms with Crippen LogP contribution >= 0.6 is 11.3 Å². The van der Waals surface area contributed by atoms with Crippen LogP contribution in [-0.2, 0) is 6.54 Å². The van der Waals surface area contributed by atoms with Crippen molar-refractivity contribution in [3.8, 4) is 16.5 Å². The molecule has 1 aliphatic rings. The Morgan fingerprint density at radius 2 is 1.90 bits per heavy atom. The van der Waals surface area contributed by atoms with Gasteiger partial charge in [0.2, 0.25) is 0 Å². The number of rotatable bonds is 5. The van der Waals surface area contributed by atoms with Crippen molar-refractivity contribution < 1.29 is 13.9 Å². The molecular weight excluding hydrogens is 398 g/mol. The summed E-state index contributed by atoms with van der Waals surface area (Å²) in [6.45, 7) is 8.02. The van der Waals surface area contributed by atoms with Crippen molar-refractivity contribution in [2.24, 2.45) is 0 Å². The van der Waals surface area contributed by atoms with Crippen molar-refractivity contribution in [1.29, 1.82) is 0 Å². The van der Waals surface area contributed by atoms with Gasteiger partial charge in [-0.1, -0.05) is 12.1 Å². The number of hydrogen-bond acceptors (Lipinski definition) is 6. The molecule has 158 valence electrons. The van der Waals surface area contributed by atoms with Gasteiger partial charge in [0, 0.05) is 32.7 Å². The molecule has 7 heteroatoms. The van der Waals surface area contributed by atoms with Crippen LogP contribution in [0, 0.1) is 13.8 Å². The van der Waals surface area contributed by atoms with Crippen molar-refractivity contribution in [1.82, 2.24) is 14.8 Å². The van der Waals surface area contributed by atoms with E-state index in [9.17, 15) is 4.79 Å². The SMILES string of the molecule is COc1ccc(CN2CCCN(C(=O)c3sc(-c4ccc(C)o4)nc3C)CC2)cc1. The van der Waals surface area contributed by atoms with Crippen LogP contribution in [-0.4, -0.2) is 54.0 Å². The van der Waals surface area contributed by atoms with Gasteiger partial charge in [0.1, 0.15) is 16.4 Å². The van der Waals surface area contributed by atoms with E-state index >= 15 is 0 Å². The molecule has 4 rings (SSSR count). The van der Waals surface area contributed by atoms with Crippen LogP contribution < -0.4 is 4.74 Å². The topological polar surface area (TPSA) is 58.8 Å². The van der Waals surface area contributed by atoms with E-state index in [0.717, 1.165) is 67.1 Å². The zero-order chi connectivity index (χ0) is 21.1. The van der Waals surface area contributed by atoms with Crippen LogP contribution in [0.1, 0.15) is 33.1 Å². The summed E-state index contributed by atoms with van der Waals surface area (Å²) in [5.41, 5.74) is 2.03. The molecule has 0 radical (unpaired) electrons. The molecule has 1 aliphatic heterocycles. The van der Waals surface area contributed by atoms with Gasteiger partial charge in [-0.25, -0.2) is 4.98 Å². The van der Waals surface area contributed by atoms with Crippen LogP contribution in [0.4, 0.5) is 0 Å². The Morgan fingerprint density at radius 1 is 1.10 bits per heavy atom. The van der Waals surface area contributed by atoms with E-state index in [1.165, 1.54) is 16.9 Å². The molecule has 1 saturated heterocycles. The van der Waals surface area contributed by atoms with Gasteiger partial charge in [0.05, 0.1) is 12.8 Å². The number of thiazole rings is 1. The van der Waals surface area contributed by atoms with E-state index in [1.54, 1.807) is 7.11 Å². The minimum Gasteiger partial charge on any atom is -0.497 e. The lowest BCUT2D eigenvalue weighted by molar-refractivity contribution is 0.0765. The first-order chi connectivity index (χ1) is 14.5. The second-order valence-corrected chi connectivity index (χ2v) is 8.61. The molecule has 0 atom stereocenters. The van der Waals surface area contributed by atoms with Crippen LogP contribution in [0.5, 0.6) is 5.75 Å². The molecule has 3 aromatic rings. The van der Waals surface area contributed by atoms with Gasteiger partial charge in [-0.3, -0.25) is 9.69 Å². The highest BCUT2D eigenvalue weighted by atomic mass is 32.1. The Bertz CT molecular complexity index is 1010. The molecule has 0 saturated carbocycles. The largest absolute Gasteiger partial charge is 0.497 e. The van der Waals surface area contributed by atoms with E-state index < -0.39 is 0 Å². The summed E-state index contributed by atoms with van der Waals surface area (Å²) < 4.78 is 10.9. The Morgan fingerprint density at radius 3 is 2.60 bits per heavy atom. The molecule has 3 heterocycles. The minimum atomic E-state index is 0.0748. The predicted molar refractivity (Wildman–Crippen MR) is 118 cm³/mol. The summed E-state index contributed by atoms with van der Waals surface area (Å²) >= 11 is 1.42. The number of carbonyl (C=O) groups is 1. The van der Waals surface area contributed by atoms with Gasteiger partial charge in [-0.15, -0.1) is 11.3 Å². The highest BCUT2D eigenvalue weighted by Gasteiger charge is 2.25. The second-order valence-electron chi connectivity index (χ2n) is 7.61. The van der Waals surface area contributed by atoms with Crippen molar-refractivity contribution in [3.05, 3.63) is 58.3 Å². The number of aromatic nitrogens is 1. The lowest BCUT2D eigenvalue weighted by atomic mass is 10.2. The first-order valence-electron chi connectivity index (χ1n) is 10.2. The van der Waals surface area contributed by atoms with Crippen LogP contribution in [0.2, 0.25) is 0 Å². The molecule has 6 nitrogen and oxygen atoms in total. The summed E-state index contributed by atoms with van der Waals surface area (Å²) in [5.74, 6) is 2.51. The smallest absolute Gasteiger partial charge is 0.265 e. The van der Waals surface area contributed by atoms with Gasteiger partial charge in [0.25, 0.3) is 5.91 Å². The normalized spacial score (nSPS) is 15.2. The standard InChI is InChI=1S/C23H27N3O3S/c1-16-5-10-20(29-16)22-24-17(2)21(30-22)23(27)26-12-4-11-25(13-14-26)15-18-6-8-19(28-3)9-7-18/h5-10H,4,11-15H2,1-3H3. The first kappa shape index (κ1) is 20.6. The number of ether oxygens (including phenoxy) is 1. The zero-order valence-electron chi connectivity index (χ0n) is 17.7. The maximum atomic E-state index is 13.2. The van der Waals surface area contributed by atoms with Gasteiger partial charge in [0.15, 0.2) is 10.8 Å². The van der Waals surface area contributed by atoms with E-state index in [-0.39, 0.29) is 5.91 Å². The predicted octanol–water partition coefficient (Wildman–Crippen LogP) is 4.38. The minimum absolute atomic E-state index is 0.0748. The number of benzene rings is 1. The average Bonchev–Trinajstić information content (AvgIpc) is 3.27. The summed E-state index contributed by atoms with van der Waals surface area (Å²) in [6, 6.07) is 12.0. The molecule has 0 N–H and O–H groups in total. The van der Waals surface area contributed by atoms with E-state index in [4.69, 9.17) is 9.15 Å². The number of amides is 1. The quantitative estimate of drug-likeness (QED) is 0.607. The molecule has 0 spiro atoms. The summed E-state index contributed by atoms with van der Waals surface area (Å²) in [5, 5.41) is 0.764. The Kier molecular flexibility index (Phi) is 6.20. The fourth-order valence-electron chi connectivity index (χ4n) is 3.71. The van der Waals surface area contributed by atoms with Crippen molar-refractivity contribution >= 4 is 17.2 Å². The van der Waals surface area contributed by atoms with Crippen molar-refractivity contribution in [3.63, 3.8) is 0 Å². The third-order valence-electron chi connectivity index (χ3n) is 5.38. The van der Waals surface area contributed by atoms with Crippen LogP contribution in [0.3, 0.4) is 0 Å². The molecule has 30 heavy (non-hydrogen) atoms. The number of nitrogens with zero attached hydrogens (tertiary/aromatic N) is 3. The van der Waals surface area contributed by atoms with Gasteiger partial charge < -0.3 is 14.1 Å². The van der Waals surface area contributed by atoms with E-state index in [2.05, 4.69) is 22.0 Å². The van der Waals surface area contributed by atoms with Gasteiger partial charge >= 0.3 is 0 Å². The summed E-state index contributed by atoms with van der Waals surface area (Å²) in [6.07, 6.45) is 0.962. The first-order valence-corrected chi connectivity index (χ1v) is 11.0. The summed E-state index contributed by atoms with van der Waals surface area (Å²) in [7, 11) is 1.68. The molecule has 1 fully saturated rings. The fourth-order valence-corrected chi connectivity index (χ4v) is 4.71. The molecule has 0 bridgehead atoms. The number of carbonyl (C=O) groups excluding carboxylic acids is 1. The average molecular weight is 426 g/mol. The molecule has 1 amide bonds. The van der Waals surface area contributed by atoms with Crippen LogP contribution in [0.15, 0.2) is 40.8 Å². The van der Waals surface area contributed by atoms with E-state index in [0.29, 0.717) is 4.88 Å². The maximum Gasteiger partial charge on any atom is 0.265 e. The molecule has 0 aliphatic carbocycles. The third-order valence-corrected chi connectivity index (χ3v) is 6.54. The lowest BCUT2D eigenvalue weighted by Crippen LogP contribution is -2.35. The number of furan rings is 1. The molecular formula is C23H27N3O3S. The second kappa shape index (κ2) is 9.02. The highest BCUT2D eigenvalue weighted by molar-refractivity contribution is 7.17. The van der Waals surface area contributed by atoms with E-state index in [1.807, 2.05) is 43.0 Å². The third kappa shape index (κ3) is 4.57. The van der Waals surface area contributed by atoms with Crippen molar-refractivity contribution in [2.75, 3.05) is 33.3 Å². The molecule has 0 unspecified atom stereocenters. The fraction of sp³-hybridized carbons (Fsp3) is 0.391. The maximum absolute atomic E-state index is 13.2. The lowest BCUT2D eigenvalue weighted by Gasteiger charge is -2.22. The molecule has 2 aromatic heterocycles. The number of methoxy groups -OCH3 is 1. The Labute approximate surface area is 181 Å². The van der Waals surface area contributed by atoms with Gasteiger partial charge in [-0.05, 0) is 50.1 Å². The Hall–Kier alpha value is -2.64. The zero-order valence-corrected chi connectivity index (χ0v) is 18.5. The van der Waals surface area contributed by atoms with Crippen molar-refractivity contribution in [2.45, 2.75) is 26.8 Å².